The number of anilines is 1. The molecule has 2 heterocycles. The second-order valence-corrected chi connectivity index (χ2v) is 8.28. The predicted molar refractivity (Wildman–Crippen MR) is 131 cm³/mol. The van der Waals surface area contributed by atoms with Crippen LogP contribution in [0.15, 0.2) is 23.5 Å². The number of nitrogens with zero attached hydrogens (tertiary/aromatic N) is 5. The summed E-state index contributed by atoms with van der Waals surface area (Å²) in [6.45, 7) is 3.56. The largest absolute Gasteiger partial charge is 0.493 e. The molecule has 3 rings (SSSR count). The molecule has 35 heavy (non-hydrogen) atoms. The molecule has 1 aromatic carbocycles. The van der Waals surface area contributed by atoms with Gasteiger partial charge in [-0.15, -0.1) is 0 Å². The van der Waals surface area contributed by atoms with Crippen LogP contribution in [0.2, 0.25) is 0 Å². The number of carbonyl (C=O) groups excluding carboxylic acids is 1. The fourth-order valence-corrected chi connectivity index (χ4v) is 3.84. The number of nitrogens with one attached hydrogen (secondary N) is 2. The van der Waals surface area contributed by atoms with Crippen LogP contribution in [0, 0.1) is 10.1 Å². The van der Waals surface area contributed by atoms with Crippen LogP contribution in [0.4, 0.5) is 11.5 Å². The van der Waals surface area contributed by atoms with E-state index < -0.39 is 10.8 Å². The average Bonchev–Trinajstić information content (AvgIpc) is 3.26. The third kappa shape index (κ3) is 6.08. The number of aromatic nitrogens is 4. The number of carbonyl (C=O) groups is 1. The Hall–Kier alpha value is -3.65. The molecule has 2 N–H and O–H groups in total. The molecule has 0 bridgehead atoms. The number of nitro benzene ring substituents is 1. The molecule has 0 saturated heterocycles. The van der Waals surface area contributed by atoms with Gasteiger partial charge in [0.05, 0.1) is 49.9 Å². The van der Waals surface area contributed by atoms with Gasteiger partial charge in [-0.05, 0) is 5.75 Å². The van der Waals surface area contributed by atoms with Gasteiger partial charge in [-0.3, -0.25) is 14.9 Å². The highest BCUT2D eigenvalue weighted by Crippen LogP contribution is 2.34. The van der Waals surface area contributed by atoms with E-state index in [0.29, 0.717) is 36.3 Å². The molecule has 0 aliphatic rings. The molecule has 1 amide bonds. The Bertz CT molecular complexity index is 1200. The average molecular weight is 506 g/mol. The summed E-state index contributed by atoms with van der Waals surface area (Å²) < 4.78 is 17.0. The molecule has 0 aliphatic heterocycles. The number of hydrogen-bond acceptors (Lipinski definition) is 11. The van der Waals surface area contributed by atoms with Gasteiger partial charge < -0.3 is 24.8 Å². The van der Waals surface area contributed by atoms with Crippen LogP contribution in [-0.2, 0) is 11.3 Å². The number of hydrogen-bond donors (Lipinski definition) is 2. The number of rotatable bonds is 13. The SMILES string of the molecule is CCSc1nc(NCCOC)c2cnn(CCNC(=O)c3cc(OC)c(OC)cc3[N+](=O)[O-])c2n1. The summed E-state index contributed by atoms with van der Waals surface area (Å²) in [5, 5.41) is 23.2. The minimum absolute atomic E-state index is 0.133. The smallest absolute Gasteiger partial charge is 0.286 e. The molecule has 0 saturated carbocycles. The second kappa shape index (κ2) is 12.2. The third-order valence-corrected chi connectivity index (χ3v) is 5.63. The molecule has 0 spiro atoms. The van der Waals surface area contributed by atoms with Gasteiger partial charge in [-0.1, -0.05) is 18.7 Å². The van der Waals surface area contributed by atoms with Crippen molar-refractivity contribution in [3.8, 4) is 11.5 Å². The quantitative estimate of drug-likeness (QED) is 0.116. The van der Waals surface area contributed by atoms with E-state index in [1.165, 1.54) is 32.0 Å². The van der Waals surface area contributed by atoms with E-state index >= 15 is 0 Å². The van der Waals surface area contributed by atoms with Crippen molar-refractivity contribution in [3.05, 3.63) is 34.0 Å². The molecule has 188 valence electrons. The Morgan fingerprint density at radius 3 is 2.57 bits per heavy atom. The number of benzene rings is 1. The molecule has 13 nitrogen and oxygen atoms in total. The number of nitro groups is 1. The van der Waals surface area contributed by atoms with Crippen LogP contribution in [0.5, 0.6) is 11.5 Å². The van der Waals surface area contributed by atoms with E-state index in [1.807, 2.05) is 6.92 Å². The second-order valence-electron chi connectivity index (χ2n) is 7.05. The Morgan fingerprint density at radius 2 is 1.91 bits per heavy atom. The highest BCUT2D eigenvalue weighted by Gasteiger charge is 2.24. The van der Waals surface area contributed by atoms with Crippen LogP contribution in [0.25, 0.3) is 11.0 Å². The van der Waals surface area contributed by atoms with Gasteiger partial charge in [0.25, 0.3) is 11.6 Å². The molecule has 2 aromatic heterocycles. The van der Waals surface area contributed by atoms with Gasteiger partial charge in [-0.25, -0.2) is 14.6 Å². The molecular weight excluding hydrogens is 478 g/mol. The highest BCUT2D eigenvalue weighted by atomic mass is 32.2. The van der Waals surface area contributed by atoms with Crippen LogP contribution < -0.4 is 20.1 Å². The van der Waals surface area contributed by atoms with Crippen molar-refractivity contribution >= 4 is 40.2 Å². The van der Waals surface area contributed by atoms with Crippen molar-refractivity contribution in [3.63, 3.8) is 0 Å². The van der Waals surface area contributed by atoms with E-state index in [4.69, 9.17) is 14.2 Å². The number of methoxy groups -OCH3 is 3. The maximum absolute atomic E-state index is 12.8. The molecular formula is C21H27N7O6S. The number of ether oxygens (including phenoxy) is 3. The van der Waals surface area contributed by atoms with E-state index in [9.17, 15) is 14.9 Å². The zero-order valence-corrected chi connectivity index (χ0v) is 20.7. The van der Waals surface area contributed by atoms with Crippen LogP contribution in [-0.4, -0.2) is 77.4 Å². The number of amides is 1. The minimum Gasteiger partial charge on any atom is -0.493 e. The maximum atomic E-state index is 12.8. The first-order chi connectivity index (χ1) is 16.9. The topological polar surface area (TPSA) is 156 Å². The summed E-state index contributed by atoms with van der Waals surface area (Å²) in [4.78, 5) is 32.8. The normalized spacial score (nSPS) is 10.9. The van der Waals surface area contributed by atoms with Gasteiger partial charge in [0.1, 0.15) is 11.4 Å². The standard InChI is InChI=1S/C21H27N7O6S/c1-5-35-21-25-18(22-7-9-32-2)14-12-24-27(19(14)26-21)8-6-23-20(29)13-10-16(33-3)17(34-4)11-15(13)28(30)31/h10-12H,5-9H2,1-4H3,(H,23,29)(H,22,25,26). The number of fused-ring (bicyclic) bond motifs is 1. The monoisotopic (exact) mass is 505 g/mol. The Morgan fingerprint density at radius 1 is 1.17 bits per heavy atom. The summed E-state index contributed by atoms with van der Waals surface area (Å²) in [5.41, 5.74) is 0.0965. The summed E-state index contributed by atoms with van der Waals surface area (Å²) >= 11 is 1.50. The summed E-state index contributed by atoms with van der Waals surface area (Å²) in [7, 11) is 4.38. The van der Waals surface area contributed by atoms with E-state index in [1.54, 1.807) is 18.0 Å². The molecule has 0 atom stereocenters. The Balaban J connectivity index is 1.79. The summed E-state index contributed by atoms with van der Waals surface area (Å²) in [6, 6.07) is 2.45. The lowest BCUT2D eigenvalue weighted by Gasteiger charge is -2.11. The lowest BCUT2D eigenvalue weighted by molar-refractivity contribution is -0.385. The first kappa shape index (κ1) is 26.0. The van der Waals surface area contributed by atoms with E-state index in [2.05, 4.69) is 25.7 Å². The first-order valence-corrected chi connectivity index (χ1v) is 11.7. The van der Waals surface area contributed by atoms with Crippen LogP contribution in [0.3, 0.4) is 0 Å². The fourth-order valence-electron chi connectivity index (χ4n) is 3.27. The van der Waals surface area contributed by atoms with E-state index in [-0.39, 0.29) is 29.3 Å². The molecule has 14 heteroatoms. The van der Waals surface area contributed by atoms with Crippen molar-refractivity contribution in [1.29, 1.82) is 0 Å². The Kier molecular flexibility index (Phi) is 9.03. The summed E-state index contributed by atoms with van der Waals surface area (Å²) in [6.07, 6.45) is 1.66. The molecule has 0 aliphatic carbocycles. The van der Waals surface area contributed by atoms with Gasteiger partial charge >= 0.3 is 0 Å². The lowest BCUT2D eigenvalue weighted by atomic mass is 10.1. The van der Waals surface area contributed by atoms with E-state index in [0.717, 1.165) is 17.2 Å². The van der Waals surface area contributed by atoms with Crippen molar-refractivity contribution in [2.24, 2.45) is 0 Å². The predicted octanol–water partition coefficient (Wildman–Crippen LogP) is 2.35. The fraction of sp³-hybridized carbons (Fsp3) is 0.429. The molecule has 3 aromatic rings. The van der Waals surface area contributed by atoms with Crippen molar-refractivity contribution in [2.45, 2.75) is 18.6 Å². The zero-order valence-electron chi connectivity index (χ0n) is 19.9. The highest BCUT2D eigenvalue weighted by molar-refractivity contribution is 7.99. The van der Waals surface area contributed by atoms with Gasteiger partial charge in [0.15, 0.2) is 22.3 Å². The van der Waals surface area contributed by atoms with Crippen molar-refractivity contribution in [2.75, 3.05) is 52.1 Å². The zero-order chi connectivity index (χ0) is 25.4. The third-order valence-electron chi connectivity index (χ3n) is 4.90. The molecule has 0 unspecified atom stereocenters. The maximum Gasteiger partial charge on any atom is 0.286 e. The van der Waals surface area contributed by atoms with Crippen molar-refractivity contribution in [1.82, 2.24) is 25.1 Å². The van der Waals surface area contributed by atoms with Gasteiger partial charge in [0.2, 0.25) is 0 Å². The molecule has 0 fully saturated rings. The molecule has 0 radical (unpaired) electrons. The van der Waals surface area contributed by atoms with Crippen LogP contribution >= 0.6 is 11.8 Å². The Labute approximate surface area is 205 Å². The lowest BCUT2D eigenvalue weighted by Crippen LogP contribution is -2.28. The van der Waals surface area contributed by atoms with Gasteiger partial charge in [-0.2, -0.15) is 5.10 Å². The first-order valence-electron chi connectivity index (χ1n) is 10.7. The summed E-state index contributed by atoms with van der Waals surface area (Å²) in [5.74, 6) is 1.21. The van der Waals surface area contributed by atoms with Crippen molar-refractivity contribution < 1.29 is 23.9 Å². The number of thioether (sulfide) groups is 1. The minimum atomic E-state index is -0.639. The van der Waals surface area contributed by atoms with Gasteiger partial charge in [0, 0.05) is 26.3 Å². The van der Waals surface area contributed by atoms with Crippen LogP contribution in [0.1, 0.15) is 17.3 Å².